The minimum absolute atomic E-state index is 0.0352. The average molecular weight is 366 g/mol. The van der Waals surface area contributed by atoms with E-state index < -0.39 is 35.7 Å². The molecule has 1 unspecified atom stereocenters. The van der Waals surface area contributed by atoms with Gasteiger partial charge in [-0.3, -0.25) is 9.59 Å². The predicted molar refractivity (Wildman–Crippen MR) is 95.1 cm³/mol. The van der Waals surface area contributed by atoms with Crippen molar-refractivity contribution in [2.45, 2.75) is 77.6 Å². The summed E-state index contributed by atoms with van der Waals surface area (Å²) in [5.41, 5.74) is -1.16. The molecule has 1 saturated carbocycles. The molecule has 0 spiro atoms. The summed E-state index contributed by atoms with van der Waals surface area (Å²) in [5.74, 6) is -2.08. The molecule has 0 aromatic heterocycles. The van der Waals surface area contributed by atoms with Gasteiger partial charge in [0.15, 0.2) is 6.10 Å². The molecule has 0 aromatic carbocycles. The molecule has 0 amide bonds. The quantitative estimate of drug-likeness (QED) is 0.610. The number of carbonyl (C=O) groups is 3. The summed E-state index contributed by atoms with van der Waals surface area (Å²) in [5, 5.41) is 11.0. The molecule has 1 N–H and O–H groups in total. The zero-order valence-corrected chi connectivity index (χ0v) is 16.1. The molecule has 2 rings (SSSR count). The Morgan fingerprint density at radius 2 is 2.12 bits per heavy atom. The lowest BCUT2D eigenvalue weighted by atomic mass is 9.77. The number of ether oxygens (including phenoxy) is 2. The summed E-state index contributed by atoms with van der Waals surface area (Å²) in [6, 6.07) is 0. The van der Waals surface area contributed by atoms with E-state index in [0.717, 1.165) is 0 Å². The predicted octanol–water partition coefficient (Wildman–Crippen LogP) is 2.57. The Bertz CT molecular complexity index is 593. The summed E-state index contributed by atoms with van der Waals surface area (Å²) in [6.45, 7) is 10.8. The summed E-state index contributed by atoms with van der Waals surface area (Å²) < 4.78 is 11.1. The number of hydrogen-bond acceptors (Lipinski definition) is 6. The lowest BCUT2D eigenvalue weighted by molar-refractivity contribution is -0.191. The number of Topliss-reactive ketones (excluding diaryl/α,β-unsaturated/α-hetero) is 1. The lowest BCUT2D eigenvalue weighted by Crippen LogP contribution is -2.52. The Morgan fingerprint density at radius 1 is 1.46 bits per heavy atom. The van der Waals surface area contributed by atoms with Gasteiger partial charge in [-0.25, -0.2) is 4.79 Å². The SMILES string of the molecule is C=C1C(=O)O[C@@H]2C1CC(=O)[C@@H](C)CCC[C@@](C)(O)[C@H]2OC(=O)[C@H](C)CC. The van der Waals surface area contributed by atoms with Crippen molar-refractivity contribution >= 4 is 17.7 Å². The first kappa shape index (κ1) is 20.6. The Morgan fingerprint density at radius 3 is 2.73 bits per heavy atom. The molecular formula is C20H30O6. The molecule has 26 heavy (non-hydrogen) atoms. The van der Waals surface area contributed by atoms with Crippen LogP contribution < -0.4 is 0 Å². The number of aliphatic hydroxyl groups is 1. The molecular weight excluding hydrogens is 336 g/mol. The van der Waals surface area contributed by atoms with Gasteiger partial charge in [0.05, 0.1) is 5.92 Å². The molecule has 1 aliphatic heterocycles. The maximum Gasteiger partial charge on any atom is 0.334 e. The Kier molecular flexibility index (Phi) is 6.27. The highest BCUT2D eigenvalue weighted by molar-refractivity contribution is 5.93. The minimum Gasteiger partial charge on any atom is -0.455 e. The van der Waals surface area contributed by atoms with Crippen molar-refractivity contribution in [3.05, 3.63) is 12.2 Å². The number of rotatable bonds is 3. The van der Waals surface area contributed by atoms with Crippen LogP contribution in [-0.2, 0) is 23.9 Å². The van der Waals surface area contributed by atoms with Crippen molar-refractivity contribution in [1.82, 2.24) is 0 Å². The molecule has 6 nitrogen and oxygen atoms in total. The van der Waals surface area contributed by atoms with Gasteiger partial charge in [0, 0.05) is 23.8 Å². The zero-order chi connectivity index (χ0) is 19.6. The molecule has 1 heterocycles. The van der Waals surface area contributed by atoms with Gasteiger partial charge in [-0.15, -0.1) is 0 Å². The molecule has 146 valence electrons. The van der Waals surface area contributed by atoms with Crippen molar-refractivity contribution in [3.63, 3.8) is 0 Å². The number of hydrogen-bond donors (Lipinski definition) is 1. The highest BCUT2D eigenvalue weighted by Gasteiger charge is 2.52. The molecule has 0 aromatic rings. The van der Waals surface area contributed by atoms with Gasteiger partial charge in [0.25, 0.3) is 0 Å². The van der Waals surface area contributed by atoms with Crippen LogP contribution >= 0.6 is 0 Å². The summed E-state index contributed by atoms with van der Waals surface area (Å²) >= 11 is 0. The van der Waals surface area contributed by atoms with E-state index >= 15 is 0 Å². The van der Waals surface area contributed by atoms with Crippen molar-refractivity contribution in [1.29, 1.82) is 0 Å². The third-order valence-electron chi connectivity index (χ3n) is 5.81. The summed E-state index contributed by atoms with van der Waals surface area (Å²) in [7, 11) is 0. The molecule has 0 bridgehead atoms. The van der Waals surface area contributed by atoms with Gasteiger partial charge >= 0.3 is 11.9 Å². The van der Waals surface area contributed by atoms with E-state index in [4.69, 9.17) is 9.47 Å². The monoisotopic (exact) mass is 366 g/mol. The summed E-state index contributed by atoms with van der Waals surface area (Å²) in [4.78, 5) is 37.0. The number of esters is 2. The second-order valence-electron chi connectivity index (χ2n) is 7.99. The van der Waals surface area contributed by atoms with E-state index in [-0.39, 0.29) is 29.6 Å². The van der Waals surface area contributed by atoms with Crippen LogP contribution in [0.25, 0.3) is 0 Å². The van der Waals surface area contributed by atoms with E-state index in [1.54, 1.807) is 13.8 Å². The molecule has 0 radical (unpaired) electrons. The number of ketones is 1. The lowest BCUT2D eigenvalue weighted by Gasteiger charge is -2.38. The van der Waals surface area contributed by atoms with Gasteiger partial charge in [-0.05, 0) is 32.6 Å². The van der Waals surface area contributed by atoms with E-state index in [1.807, 2.05) is 13.8 Å². The fourth-order valence-corrected chi connectivity index (χ4v) is 3.59. The second kappa shape index (κ2) is 7.91. The highest BCUT2D eigenvalue weighted by atomic mass is 16.6. The van der Waals surface area contributed by atoms with E-state index in [0.29, 0.717) is 25.7 Å². The Labute approximate surface area is 154 Å². The molecule has 1 aliphatic carbocycles. The van der Waals surface area contributed by atoms with Crippen LogP contribution in [0, 0.1) is 17.8 Å². The first-order valence-electron chi connectivity index (χ1n) is 9.43. The topological polar surface area (TPSA) is 89.9 Å². The zero-order valence-electron chi connectivity index (χ0n) is 16.1. The number of carbonyl (C=O) groups excluding carboxylic acids is 3. The van der Waals surface area contributed by atoms with Gasteiger partial charge in [-0.2, -0.15) is 0 Å². The fraction of sp³-hybridized carbons (Fsp3) is 0.750. The molecule has 6 heteroatoms. The van der Waals surface area contributed by atoms with Crippen molar-refractivity contribution in [2.75, 3.05) is 0 Å². The van der Waals surface area contributed by atoms with E-state index in [9.17, 15) is 19.5 Å². The summed E-state index contributed by atoms with van der Waals surface area (Å²) in [6.07, 6.45) is 0.374. The van der Waals surface area contributed by atoms with Crippen molar-refractivity contribution in [2.24, 2.45) is 17.8 Å². The highest BCUT2D eigenvalue weighted by Crippen LogP contribution is 2.39. The maximum absolute atomic E-state index is 12.5. The molecule has 6 atom stereocenters. The van der Waals surface area contributed by atoms with Gasteiger partial charge in [0.2, 0.25) is 0 Å². The van der Waals surface area contributed by atoms with Gasteiger partial charge in [0.1, 0.15) is 17.5 Å². The van der Waals surface area contributed by atoms with Crippen LogP contribution in [0.5, 0.6) is 0 Å². The number of fused-ring (bicyclic) bond motifs is 1. The Hall–Kier alpha value is -1.69. The van der Waals surface area contributed by atoms with Crippen LogP contribution in [0.4, 0.5) is 0 Å². The third kappa shape index (κ3) is 4.17. The fourth-order valence-electron chi connectivity index (χ4n) is 3.59. The first-order valence-corrected chi connectivity index (χ1v) is 9.43. The van der Waals surface area contributed by atoms with Crippen molar-refractivity contribution in [3.8, 4) is 0 Å². The smallest absolute Gasteiger partial charge is 0.334 e. The average Bonchev–Trinajstić information content (AvgIpc) is 2.85. The Balaban J connectivity index is 2.39. The molecule has 1 saturated heterocycles. The van der Waals surface area contributed by atoms with E-state index in [1.165, 1.54) is 0 Å². The van der Waals surface area contributed by atoms with Gasteiger partial charge < -0.3 is 14.6 Å². The van der Waals surface area contributed by atoms with Crippen LogP contribution in [0.1, 0.15) is 59.8 Å². The van der Waals surface area contributed by atoms with Crippen LogP contribution in [0.2, 0.25) is 0 Å². The third-order valence-corrected chi connectivity index (χ3v) is 5.81. The second-order valence-corrected chi connectivity index (χ2v) is 7.99. The van der Waals surface area contributed by atoms with Crippen LogP contribution in [-0.4, -0.2) is 40.6 Å². The minimum atomic E-state index is -1.36. The van der Waals surface area contributed by atoms with Gasteiger partial charge in [-0.1, -0.05) is 27.4 Å². The first-order chi connectivity index (χ1) is 12.1. The molecule has 2 fully saturated rings. The van der Waals surface area contributed by atoms with Crippen molar-refractivity contribution < 1.29 is 29.0 Å². The molecule has 2 aliphatic rings. The van der Waals surface area contributed by atoms with Crippen LogP contribution in [0.15, 0.2) is 12.2 Å². The normalized spacial score (nSPS) is 36.9. The maximum atomic E-state index is 12.5. The van der Waals surface area contributed by atoms with Crippen LogP contribution in [0.3, 0.4) is 0 Å². The largest absolute Gasteiger partial charge is 0.455 e. The van der Waals surface area contributed by atoms with E-state index in [2.05, 4.69) is 6.58 Å². The standard InChI is InChI=1S/C20H30O6/c1-6-11(2)18(22)26-17-16-14(13(4)19(23)25-16)10-15(21)12(3)8-7-9-20(17,5)24/h11-12,14,16-17,24H,4,6-10H2,1-3,5H3/t11-,12+,14?,16-,17+,20-/m1/s1.